The molecule has 0 aliphatic rings. The second-order valence-corrected chi connectivity index (χ2v) is 4.00. The molecule has 0 radical (unpaired) electrons. The van der Waals surface area contributed by atoms with Gasteiger partial charge in [-0.25, -0.2) is 9.78 Å². The number of nitrogens with one attached hydrogen (secondary N) is 2. The van der Waals surface area contributed by atoms with Crippen LogP contribution in [0.5, 0.6) is 0 Å². The molecule has 1 aromatic heterocycles. The molecule has 8 nitrogen and oxygen atoms in total. The number of nitrogens with zero attached hydrogens (tertiary/aromatic N) is 3. The number of hydrogen-bond donors (Lipinski definition) is 2. The SMILES string of the molecule is O=C(Nc1cnccn1)Nc1cc([N+](=O)[O-])ccc1Cl. The third-order valence-corrected chi connectivity index (χ3v) is 2.54. The van der Waals surface area contributed by atoms with E-state index >= 15 is 0 Å². The average molecular weight is 294 g/mol. The first-order valence-corrected chi connectivity index (χ1v) is 5.72. The second-order valence-electron chi connectivity index (χ2n) is 3.59. The lowest BCUT2D eigenvalue weighted by atomic mass is 10.3. The lowest BCUT2D eigenvalue weighted by Crippen LogP contribution is -2.20. The number of hydrogen-bond acceptors (Lipinski definition) is 5. The first-order chi connectivity index (χ1) is 9.56. The van der Waals surface area contributed by atoms with Gasteiger partial charge in [-0.05, 0) is 6.07 Å². The van der Waals surface area contributed by atoms with Crippen molar-refractivity contribution in [2.24, 2.45) is 0 Å². The number of rotatable bonds is 3. The molecule has 1 aromatic carbocycles. The van der Waals surface area contributed by atoms with Gasteiger partial charge in [-0.3, -0.25) is 20.4 Å². The Labute approximate surface area is 118 Å². The monoisotopic (exact) mass is 293 g/mol. The van der Waals surface area contributed by atoms with Gasteiger partial charge >= 0.3 is 6.03 Å². The molecule has 2 amide bonds. The summed E-state index contributed by atoms with van der Waals surface area (Å²) in [6.07, 6.45) is 4.23. The largest absolute Gasteiger partial charge is 0.324 e. The molecule has 0 aliphatic carbocycles. The average Bonchev–Trinajstić information content (AvgIpc) is 2.42. The van der Waals surface area contributed by atoms with Crippen molar-refractivity contribution < 1.29 is 9.72 Å². The van der Waals surface area contributed by atoms with Gasteiger partial charge in [0.2, 0.25) is 0 Å². The Morgan fingerprint density at radius 1 is 1.30 bits per heavy atom. The first kappa shape index (κ1) is 13.7. The second kappa shape index (κ2) is 5.93. The van der Waals surface area contributed by atoms with Gasteiger partial charge in [0, 0.05) is 24.5 Å². The molecule has 0 atom stereocenters. The van der Waals surface area contributed by atoms with Crippen LogP contribution < -0.4 is 10.6 Å². The lowest BCUT2D eigenvalue weighted by Gasteiger charge is -2.07. The molecule has 2 aromatic rings. The quantitative estimate of drug-likeness (QED) is 0.667. The Hall–Kier alpha value is -2.74. The zero-order valence-electron chi connectivity index (χ0n) is 9.91. The number of nitro benzene ring substituents is 1. The van der Waals surface area contributed by atoms with Crippen molar-refractivity contribution in [3.63, 3.8) is 0 Å². The molecular weight excluding hydrogens is 286 g/mol. The number of benzene rings is 1. The van der Waals surface area contributed by atoms with Crippen LogP contribution in [0.4, 0.5) is 22.0 Å². The van der Waals surface area contributed by atoms with Crippen LogP contribution in [-0.2, 0) is 0 Å². The number of carbonyl (C=O) groups excluding carboxylic acids is 1. The number of aromatic nitrogens is 2. The van der Waals surface area contributed by atoms with Crippen molar-refractivity contribution in [2.45, 2.75) is 0 Å². The highest BCUT2D eigenvalue weighted by molar-refractivity contribution is 6.33. The molecule has 1 heterocycles. The van der Waals surface area contributed by atoms with E-state index in [-0.39, 0.29) is 22.2 Å². The van der Waals surface area contributed by atoms with E-state index in [1.807, 2.05) is 0 Å². The lowest BCUT2D eigenvalue weighted by molar-refractivity contribution is -0.384. The van der Waals surface area contributed by atoms with Crippen molar-refractivity contribution in [2.75, 3.05) is 10.6 Å². The van der Waals surface area contributed by atoms with E-state index in [1.165, 1.54) is 36.8 Å². The van der Waals surface area contributed by atoms with Gasteiger partial charge in [-0.15, -0.1) is 0 Å². The Morgan fingerprint density at radius 2 is 2.10 bits per heavy atom. The van der Waals surface area contributed by atoms with Crippen LogP contribution in [-0.4, -0.2) is 20.9 Å². The fourth-order valence-corrected chi connectivity index (χ4v) is 1.52. The number of amides is 2. The molecule has 2 N–H and O–H groups in total. The summed E-state index contributed by atoms with van der Waals surface area (Å²) in [6.45, 7) is 0. The smallest absolute Gasteiger partial charge is 0.306 e. The van der Waals surface area contributed by atoms with Gasteiger partial charge in [0.25, 0.3) is 5.69 Å². The maximum atomic E-state index is 11.7. The molecular formula is C11H8ClN5O3. The molecule has 0 saturated heterocycles. The summed E-state index contributed by atoms with van der Waals surface area (Å²) < 4.78 is 0. The van der Waals surface area contributed by atoms with Gasteiger partial charge in [0.05, 0.1) is 21.8 Å². The highest BCUT2D eigenvalue weighted by Gasteiger charge is 2.12. The van der Waals surface area contributed by atoms with Crippen LogP contribution >= 0.6 is 11.6 Å². The third kappa shape index (κ3) is 3.39. The van der Waals surface area contributed by atoms with Crippen molar-refractivity contribution in [1.82, 2.24) is 9.97 Å². The van der Waals surface area contributed by atoms with Crippen molar-refractivity contribution in [3.05, 3.63) is 51.9 Å². The molecule has 2 rings (SSSR count). The fraction of sp³-hybridized carbons (Fsp3) is 0. The van der Waals surface area contributed by atoms with E-state index in [0.717, 1.165) is 0 Å². The van der Waals surface area contributed by atoms with E-state index in [9.17, 15) is 14.9 Å². The summed E-state index contributed by atoms with van der Waals surface area (Å²) in [5.41, 5.74) is -0.0496. The summed E-state index contributed by atoms with van der Waals surface area (Å²) >= 11 is 5.85. The minimum absolute atomic E-state index is 0.127. The van der Waals surface area contributed by atoms with Crippen molar-refractivity contribution in [3.8, 4) is 0 Å². The molecule has 0 spiro atoms. The highest BCUT2D eigenvalue weighted by atomic mass is 35.5. The number of halogens is 1. The number of anilines is 2. The predicted molar refractivity (Wildman–Crippen MR) is 72.8 cm³/mol. The molecule has 0 aliphatic heterocycles. The van der Waals surface area contributed by atoms with Crippen LogP contribution in [0.1, 0.15) is 0 Å². The summed E-state index contributed by atoms with van der Waals surface area (Å²) in [6, 6.07) is 3.11. The zero-order valence-corrected chi connectivity index (χ0v) is 10.7. The van der Waals surface area contributed by atoms with Crippen molar-refractivity contribution in [1.29, 1.82) is 0 Å². The Bertz CT molecular complexity index is 650. The minimum atomic E-state index is -0.632. The van der Waals surface area contributed by atoms with Crippen LogP contribution in [0.25, 0.3) is 0 Å². The van der Waals surface area contributed by atoms with Crippen molar-refractivity contribution >= 4 is 34.8 Å². The van der Waals surface area contributed by atoms with Crippen LogP contribution in [0, 0.1) is 10.1 Å². The van der Waals surface area contributed by atoms with E-state index in [2.05, 4.69) is 20.6 Å². The normalized spacial score (nSPS) is 9.85. The Balaban J connectivity index is 2.11. The molecule has 9 heteroatoms. The maximum Gasteiger partial charge on any atom is 0.324 e. The first-order valence-electron chi connectivity index (χ1n) is 5.34. The van der Waals surface area contributed by atoms with Crippen LogP contribution in [0.15, 0.2) is 36.8 Å². The number of non-ortho nitro benzene ring substituents is 1. The fourth-order valence-electron chi connectivity index (χ4n) is 1.36. The summed E-state index contributed by atoms with van der Waals surface area (Å²) in [5.74, 6) is 0.242. The minimum Gasteiger partial charge on any atom is -0.306 e. The summed E-state index contributed by atoms with van der Waals surface area (Å²) in [5, 5.41) is 15.7. The van der Waals surface area contributed by atoms with E-state index in [4.69, 9.17) is 11.6 Å². The van der Waals surface area contributed by atoms with Crippen LogP contribution in [0.3, 0.4) is 0 Å². The standard InChI is InChI=1S/C11H8ClN5O3/c12-8-2-1-7(17(19)20)5-9(8)15-11(18)16-10-6-13-3-4-14-10/h1-6H,(H2,14,15,16,18). The predicted octanol–water partition coefficient (Wildman–Crippen LogP) is 2.68. The molecule has 20 heavy (non-hydrogen) atoms. The van der Waals surface area contributed by atoms with Gasteiger partial charge < -0.3 is 5.32 Å². The van der Waals surface area contributed by atoms with Gasteiger partial charge in [0.1, 0.15) is 0 Å². The van der Waals surface area contributed by atoms with Gasteiger partial charge in [-0.1, -0.05) is 11.6 Å². The summed E-state index contributed by atoms with van der Waals surface area (Å²) in [7, 11) is 0. The molecule has 102 valence electrons. The molecule has 0 unspecified atom stereocenters. The zero-order chi connectivity index (χ0) is 14.5. The van der Waals surface area contributed by atoms with Crippen LogP contribution in [0.2, 0.25) is 5.02 Å². The topological polar surface area (TPSA) is 110 Å². The highest BCUT2D eigenvalue weighted by Crippen LogP contribution is 2.26. The van der Waals surface area contributed by atoms with Gasteiger partial charge in [-0.2, -0.15) is 0 Å². The Kier molecular flexibility index (Phi) is 4.06. The molecule has 0 bridgehead atoms. The number of nitro groups is 1. The van der Waals surface area contributed by atoms with E-state index in [0.29, 0.717) is 0 Å². The number of urea groups is 1. The van der Waals surface area contributed by atoms with E-state index < -0.39 is 11.0 Å². The van der Waals surface area contributed by atoms with Gasteiger partial charge in [0.15, 0.2) is 5.82 Å². The molecule has 0 saturated carbocycles. The summed E-state index contributed by atoms with van der Waals surface area (Å²) in [4.78, 5) is 29.4. The van der Waals surface area contributed by atoms with E-state index in [1.54, 1.807) is 0 Å². The third-order valence-electron chi connectivity index (χ3n) is 2.21. The number of carbonyl (C=O) groups is 1. The Morgan fingerprint density at radius 3 is 2.75 bits per heavy atom. The maximum absolute atomic E-state index is 11.7. The molecule has 0 fully saturated rings.